The number of alkyl halides is 1. The molecule has 0 amide bonds. The second-order valence-corrected chi connectivity index (χ2v) is 5.22. The molecule has 0 aliphatic carbocycles. The minimum atomic E-state index is -1.44. The molecule has 0 N–H and O–H groups in total. The number of aromatic nitrogens is 3. The van der Waals surface area contributed by atoms with Gasteiger partial charge in [0.1, 0.15) is 11.3 Å². The van der Waals surface area contributed by atoms with E-state index in [2.05, 4.69) is 15.0 Å². The van der Waals surface area contributed by atoms with Crippen molar-refractivity contribution in [3.8, 4) is 0 Å². The van der Waals surface area contributed by atoms with Gasteiger partial charge in [-0.2, -0.15) is 4.98 Å². The van der Waals surface area contributed by atoms with Crippen LogP contribution in [0.3, 0.4) is 0 Å². The largest absolute Gasteiger partial charge is 0.350 e. The van der Waals surface area contributed by atoms with Crippen LogP contribution in [-0.4, -0.2) is 41.0 Å². The van der Waals surface area contributed by atoms with Crippen molar-refractivity contribution >= 4 is 39.9 Å². The number of pyridine rings is 1. The van der Waals surface area contributed by atoms with Gasteiger partial charge in [-0.05, 0) is 18.0 Å². The Morgan fingerprint density at radius 3 is 2.95 bits per heavy atom. The highest BCUT2D eigenvalue weighted by Crippen LogP contribution is 2.30. The van der Waals surface area contributed by atoms with Crippen LogP contribution in [0.5, 0.6) is 0 Å². The van der Waals surface area contributed by atoms with Crippen molar-refractivity contribution in [3.63, 3.8) is 0 Å². The number of hydrogen-bond acceptors (Lipinski definition) is 5. The van der Waals surface area contributed by atoms with E-state index in [-0.39, 0.29) is 22.5 Å². The smallest absolute Gasteiger partial charge is 0.225 e. The van der Waals surface area contributed by atoms with Crippen molar-refractivity contribution in [1.29, 1.82) is 0 Å². The van der Waals surface area contributed by atoms with E-state index in [0.717, 1.165) is 0 Å². The normalized spacial score (nSPS) is 19.8. The van der Waals surface area contributed by atoms with Gasteiger partial charge in [0.05, 0.1) is 18.5 Å². The van der Waals surface area contributed by atoms with Gasteiger partial charge < -0.3 is 9.64 Å². The standard InChI is InChI=1S/C12H10Cl2F2N4O/c13-10-8(16)9-6(4-17-10)11(19-12(14)18-9)20-2-1-3-21-7(15)5-20/h4,7H,1-3,5H2. The van der Waals surface area contributed by atoms with Crippen LogP contribution in [0.25, 0.3) is 10.9 Å². The van der Waals surface area contributed by atoms with Crippen LogP contribution >= 0.6 is 23.2 Å². The fraction of sp³-hybridized carbons (Fsp3) is 0.417. The maximum atomic E-state index is 14.0. The zero-order valence-electron chi connectivity index (χ0n) is 10.7. The molecule has 3 rings (SSSR count). The summed E-state index contributed by atoms with van der Waals surface area (Å²) in [4.78, 5) is 13.3. The predicted octanol–water partition coefficient (Wildman–Crippen LogP) is 2.99. The van der Waals surface area contributed by atoms with Crippen molar-refractivity contribution < 1.29 is 13.5 Å². The van der Waals surface area contributed by atoms with Gasteiger partial charge >= 0.3 is 0 Å². The summed E-state index contributed by atoms with van der Waals surface area (Å²) in [5.41, 5.74) is -0.0365. The number of nitrogens with zero attached hydrogens (tertiary/aromatic N) is 4. The molecule has 1 aliphatic rings. The summed E-state index contributed by atoms with van der Waals surface area (Å²) in [7, 11) is 0. The van der Waals surface area contributed by atoms with Crippen LogP contribution in [0.15, 0.2) is 6.20 Å². The Balaban J connectivity index is 2.15. The second-order valence-electron chi connectivity index (χ2n) is 4.52. The Morgan fingerprint density at radius 1 is 1.33 bits per heavy atom. The molecule has 2 aromatic rings. The SMILES string of the molecule is Fc1c(Cl)ncc2c(N3CCCOC(F)C3)nc(Cl)nc12. The van der Waals surface area contributed by atoms with E-state index >= 15 is 0 Å². The second kappa shape index (κ2) is 5.82. The lowest BCUT2D eigenvalue weighted by molar-refractivity contribution is -0.0234. The van der Waals surface area contributed by atoms with E-state index in [0.29, 0.717) is 30.8 Å². The van der Waals surface area contributed by atoms with E-state index in [1.165, 1.54) is 6.20 Å². The van der Waals surface area contributed by atoms with Crippen molar-refractivity contribution in [2.45, 2.75) is 12.8 Å². The maximum absolute atomic E-state index is 14.0. The average Bonchev–Trinajstić information content (AvgIpc) is 2.67. The molecular weight excluding hydrogens is 325 g/mol. The Hall–Kier alpha value is -1.31. The number of hydrogen-bond donors (Lipinski definition) is 0. The highest BCUT2D eigenvalue weighted by Gasteiger charge is 2.23. The van der Waals surface area contributed by atoms with E-state index < -0.39 is 12.2 Å². The third-order valence-corrected chi connectivity index (χ3v) is 3.56. The zero-order chi connectivity index (χ0) is 15.0. The highest BCUT2D eigenvalue weighted by molar-refractivity contribution is 6.30. The third-order valence-electron chi connectivity index (χ3n) is 3.13. The molecule has 0 spiro atoms. The van der Waals surface area contributed by atoms with Crippen molar-refractivity contribution in [2.75, 3.05) is 24.6 Å². The summed E-state index contributed by atoms with van der Waals surface area (Å²) in [5, 5.41) is -0.111. The molecule has 0 aromatic carbocycles. The first kappa shape index (κ1) is 14.6. The molecule has 2 aromatic heterocycles. The van der Waals surface area contributed by atoms with Crippen LogP contribution in [0.4, 0.5) is 14.6 Å². The predicted molar refractivity (Wildman–Crippen MR) is 75.0 cm³/mol. The Labute approximate surface area is 128 Å². The highest BCUT2D eigenvalue weighted by atomic mass is 35.5. The number of halogens is 4. The van der Waals surface area contributed by atoms with Gasteiger partial charge in [-0.3, -0.25) is 0 Å². The van der Waals surface area contributed by atoms with Gasteiger partial charge in [-0.1, -0.05) is 11.6 Å². The molecule has 5 nitrogen and oxygen atoms in total. The monoisotopic (exact) mass is 334 g/mol. The summed E-state index contributed by atoms with van der Waals surface area (Å²) in [6, 6.07) is 0. The lowest BCUT2D eigenvalue weighted by Gasteiger charge is -2.23. The fourth-order valence-corrected chi connectivity index (χ4v) is 2.51. The molecule has 112 valence electrons. The molecule has 1 atom stereocenters. The molecule has 1 aliphatic heterocycles. The van der Waals surface area contributed by atoms with Gasteiger partial charge in [0, 0.05) is 12.7 Å². The molecule has 1 saturated heterocycles. The molecule has 21 heavy (non-hydrogen) atoms. The first-order chi connectivity index (χ1) is 10.1. The van der Waals surface area contributed by atoms with Crippen molar-refractivity contribution in [1.82, 2.24) is 15.0 Å². The van der Waals surface area contributed by atoms with Crippen molar-refractivity contribution in [3.05, 3.63) is 22.5 Å². The zero-order valence-corrected chi connectivity index (χ0v) is 12.2. The van der Waals surface area contributed by atoms with E-state index in [1.54, 1.807) is 4.90 Å². The summed E-state index contributed by atoms with van der Waals surface area (Å²) in [5.74, 6) is -0.455. The third kappa shape index (κ3) is 2.86. The Bertz CT molecular complexity index is 688. The molecule has 0 saturated carbocycles. The minimum absolute atomic E-state index is 0.0211. The van der Waals surface area contributed by atoms with E-state index in [4.69, 9.17) is 27.9 Å². The topological polar surface area (TPSA) is 51.1 Å². The van der Waals surface area contributed by atoms with Gasteiger partial charge in [0.25, 0.3) is 0 Å². The van der Waals surface area contributed by atoms with Crippen LogP contribution in [-0.2, 0) is 4.74 Å². The number of ether oxygens (including phenoxy) is 1. The van der Waals surface area contributed by atoms with E-state index in [1.807, 2.05) is 0 Å². The van der Waals surface area contributed by atoms with Crippen LogP contribution in [0.1, 0.15) is 6.42 Å². The first-order valence-corrected chi connectivity index (χ1v) is 6.99. The molecule has 3 heterocycles. The maximum Gasteiger partial charge on any atom is 0.225 e. The Kier molecular flexibility index (Phi) is 4.05. The van der Waals surface area contributed by atoms with Crippen LogP contribution in [0, 0.1) is 5.82 Å². The summed E-state index contributed by atoms with van der Waals surface area (Å²) in [6.45, 7) is 0.798. The van der Waals surface area contributed by atoms with Gasteiger partial charge in [0.2, 0.25) is 11.6 Å². The molecule has 9 heteroatoms. The summed E-state index contributed by atoms with van der Waals surface area (Å²) < 4.78 is 32.5. The van der Waals surface area contributed by atoms with E-state index in [9.17, 15) is 8.78 Å². The molecule has 1 fully saturated rings. The Morgan fingerprint density at radius 2 is 2.14 bits per heavy atom. The van der Waals surface area contributed by atoms with Gasteiger partial charge in [-0.25, -0.2) is 18.7 Å². The fourth-order valence-electron chi connectivity index (χ4n) is 2.21. The lowest BCUT2D eigenvalue weighted by atomic mass is 10.2. The number of rotatable bonds is 1. The van der Waals surface area contributed by atoms with Crippen LogP contribution < -0.4 is 4.90 Å². The summed E-state index contributed by atoms with van der Waals surface area (Å²) in [6.07, 6.45) is 0.528. The first-order valence-electron chi connectivity index (χ1n) is 6.24. The quantitative estimate of drug-likeness (QED) is 0.592. The number of fused-ring (bicyclic) bond motifs is 1. The minimum Gasteiger partial charge on any atom is -0.350 e. The molecule has 0 radical (unpaired) electrons. The average molecular weight is 335 g/mol. The number of anilines is 1. The van der Waals surface area contributed by atoms with Crippen molar-refractivity contribution in [2.24, 2.45) is 0 Å². The molecule has 0 bridgehead atoms. The van der Waals surface area contributed by atoms with Gasteiger partial charge in [0.15, 0.2) is 11.0 Å². The van der Waals surface area contributed by atoms with Crippen LogP contribution in [0.2, 0.25) is 10.4 Å². The lowest BCUT2D eigenvalue weighted by Crippen LogP contribution is -2.30. The summed E-state index contributed by atoms with van der Waals surface area (Å²) >= 11 is 11.5. The van der Waals surface area contributed by atoms with Gasteiger partial charge in [-0.15, -0.1) is 0 Å². The molecule has 1 unspecified atom stereocenters. The molecular formula is C12H10Cl2F2N4O.